The molecule has 20 heavy (non-hydrogen) atoms. The monoisotopic (exact) mass is 294 g/mol. The van der Waals surface area contributed by atoms with Crippen LogP contribution in [0.5, 0.6) is 0 Å². The Balaban J connectivity index is 2.32. The Bertz CT molecular complexity index is 460. The first-order valence-corrected chi connectivity index (χ1v) is 6.36. The molecule has 7 heteroatoms. The largest absolute Gasteiger partial charge is 0.314 e. The van der Waals surface area contributed by atoms with Crippen molar-refractivity contribution in [3.05, 3.63) is 35.1 Å². The Morgan fingerprint density at radius 2 is 1.60 bits per heavy atom. The van der Waals surface area contributed by atoms with Gasteiger partial charge in [-0.3, -0.25) is 4.90 Å². The fraction of sp³-hybridized carbons (Fsp3) is 0.538. The predicted octanol–water partition coefficient (Wildman–Crippen LogP) is 2.71. The number of hydrogen-bond acceptors (Lipinski definition) is 2. The Labute approximate surface area is 113 Å². The van der Waals surface area contributed by atoms with Gasteiger partial charge in [0.25, 0.3) is 0 Å². The number of alkyl halides is 2. The summed E-state index contributed by atoms with van der Waals surface area (Å²) >= 11 is 0. The summed E-state index contributed by atoms with van der Waals surface area (Å²) in [5.74, 6) is -3.54. The highest BCUT2D eigenvalue weighted by Crippen LogP contribution is 2.30. The minimum absolute atomic E-state index is 0.217. The molecule has 1 saturated heterocycles. The fourth-order valence-electron chi connectivity index (χ4n) is 2.43. The fourth-order valence-corrected chi connectivity index (χ4v) is 2.43. The molecule has 0 radical (unpaired) electrons. The van der Waals surface area contributed by atoms with Crippen molar-refractivity contribution < 1.29 is 22.0 Å². The van der Waals surface area contributed by atoms with E-state index in [9.17, 15) is 22.0 Å². The Kier molecular flexibility index (Phi) is 4.93. The first kappa shape index (κ1) is 15.2. The van der Waals surface area contributed by atoms with Crippen LogP contribution < -0.4 is 5.32 Å². The second-order valence-electron chi connectivity index (χ2n) is 4.72. The Morgan fingerprint density at radius 3 is 2.20 bits per heavy atom. The van der Waals surface area contributed by atoms with Crippen LogP contribution in [0.3, 0.4) is 0 Å². The number of nitrogens with zero attached hydrogens (tertiary/aromatic N) is 1. The van der Waals surface area contributed by atoms with Crippen LogP contribution in [0.2, 0.25) is 0 Å². The topological polar surface area (TPSA) is 15.3 Å². The van der Waals surface area contributed by atoms with E-state index in [2.05, 4.69) is 5.32 Å². The van der Waals surface area contributed by atoms with Gasteiger partial charge in [-0.15, -0.1) is 0 Å². The van der Waals surface area contributed by atoms with Gasteiger partial charge in [0.15, 0.2) is 11.6 Å². The standard InChI is InChI=1S/C13H15F5N2/c14-9-6-11(16)10(15)5-8(9)12(7-13(17)18)20-3-1-19-2-4-20/h5-6,12-13,19H,1-4,7H2/t12-/m0/s1. The van der Waals surface area contributed by atoms with Crippen molar-refractivity contribution in [3.63, 3.8) is 0 Å². The molecular formula is C13H15F5N2. The van der Waals surface area contributed by atoms with Crippen LogP contribution in [0.25, 0.3) is 0 Å². The molecule has 112 valence electrons. The molecule has 0 aromatic heterocycles. The lowest BCUT2D eigenvalue weighted by Crippen LogP contribution is -2.45. The second kappa shape index (κ2) is 6.49. The molecule has 0 unspecified atom stereocenters. The molecule has 1 aromatic rings. The predicted molar refractivity (Wildman–Crippen MR) is 64.1 cm³/mol. The molecule has 1 N–H and O–H groups in total. The average molecular weight is 294 g/mol. The van der Waals surface area contributed by atoms with E-state index in [1.165, 1.54) is 0 Å². The molecular weight excluding hydrogens is 279 g/mol. The van der Waals surface area contributed by atoms with Crippen LogP contribution in [0.15, 0.2) is 12.1 Å². The highest BCUT2D eigenvalue weighted by Gasteiger charge is 2.28. The summed E-state index contributed by atoms with van der Waals surface area (Å²) in [6.45, 7) is 2.09. The Hall–Kier alpha value is -1.21. The van der Waals surface area contributed by atoms with Gasteiger partial charge in [0, 0.05) is 50.3 Å². The van der Waals surface area contributed by atoms with E-state index in [1.54, 1.807) is 4.90 Å². The van der Waals surface area contributed by atoms with Crippen molar-refractivity contribution in [1.29, 1.82) is 0 Å². The van der Waals surface area contributed by atoms with Crippen LogP contribution in [0.4, 0.5) is 22.0 Å². The maximum atomic E-state index is 13.8. The van der Waals surface area contributed by atoms with E-state index in [1.807, 2.05) is 0 Å². The third-order valence-electron chi connectivity index (χ3n) is 3.39. The maximum Gasteiger partial charge on any atom is 0.240 e. The van der Waals surface area contributed by atoms with E-state index in [0.29, 0.717) is 38.3 Å². The van der Waals surface area contributed by atoms with Gasteiger partial charge >= 0.3 is 0 Å². The quantitative estimate of drug-likeness (QED) is 0.678. The number of hydrogen-bond donors (Lipinski definition) is 1. The molecule has 2 rings (SSSR count). The zero-order chi connectivity index (χ0) is 14.7. The minimum Gasteiger partial charge on any atom is -0.314 e. The highest BCUT2D eigenvalue weighted by molar-refractivity contribution is 5.24. The summed E-state index contributed by atoms with van der Waals surface area (Å²) in [5.41, 5.74) is -0.217. The molecule has 1 aromatic carbocycles. The highest BCUT2D eigenvalue weighted by atomic mass is 19.3. The van der Waals surface area contributed by atoms with Gasteiger partial charge in [-0.1, -0.05) is 0 Å². The maximum absolute atomic E-state index is 13.8. The summed E-state index contributed by atoms with van der Waals surface area (Å²) in [6, 6.07) is 0.137. The van der Waals surface area contributed by atoms with E-state index < -0.39 is 36.3 Å². The Morgan fingerprint density at radius 1 is 1.00 bits per heavy atom. The van der Waals surface area contributed by atoms with Gasteiger partial charge in [0.2, 0.25) is 6.43 Å². The first-order valence-electron chi connectivity index (χ1n) is 6.36. The molecule has 1 aliphatic rings. The lowest BCUT2D eigenvalue weighted by atomic mass is 10.00. The molecule has 0 aliphatic carbocycles. The van der Waals surface area contributed by atoms with Crippen molar-refractivity contribution in [2.24, 2.45) is 0 Å². The SMILES string of the molecule is Fc1cc(F)c([C@H](CC(F)F)N2CCNCC2)cc1F. The van der Waals surface area contributed by atoms with Crippen molar-refractivity contribution in [1.82, 2.24) is 10.2 Å². The summed E-state index contributed by atoms with van der Waals surface area (Å²) in [6.07, 6.45) is -3.26. The van der Waals surface area contributed by atoms with Gasteiger partial charge in [0.1, 0.15) is 5.82 Å². The molecule has 2 nitrogen and oxygen atoms in total. The number of piperazine rings is 1. The minimum atomic E-state index is -2.65. The third-order valence-corrected chi connectivity index (χ3v) is 3.39. The zero-order valence-corrected chi connectivity index (χ0v) is 10.7. The molecule has 1 aliphatic heterocycles. The zero-order valence-electron chi connectivity index (χ0n) is 10.7. The van der Waals surface area contributed by atoms with Gasteiger partial charge in [-0.2, -0.15) is 0 Å². The molecule has 0 bridgehead atoms. The summed E-state index contributed by atoms with van der Waals surface area (Å²) < 4.78 is 65.4. The molecule has 0 saturated carbocycles. The van der Waals surface area contributed by atoms with Crippen molar-refractivity contribution in [3.8, 4) is 0 Å². The summed E-state index contributed by atoms with van der Waals surface area (Å²) in [7, 11) is 0. The lowest BCUT2D eigenvalue weighted by Gasteiger charge is -2.35. The second-order valence-corrected chi connectivity index (χ2v) is 4.72. The van der Waals surface area contributed by atoms with E-state index in [0.717, 1.165) is 0 Å². The molecule has 1 fully saturated rings. The van der Waals surface area contributed by atoms with Crippen LogP contribution in [-0.4, -0.2) is 37.5 Å². The average Bonchev–Trinajstić information content (AvgIpc) is 2.41. The van der Waals surface area contributed by atoms with E-state index in [4.69, 9.17) is 0 Å². The summed E-state index contributed by atoms with van der Waals surface area (Å²) in [5, 5.41) is 3.05. The normalized spacial score (nSPS) is 18.5. The molecule has 1 heterocycles. The third kappa shape index (κ3) is 3.46. The van der Waals surface area contributed by atoms with Crippen LogP contribution in [-0.2, 0) is 0 Å². The number of benzene rings is 1. The van der Waals surface area contributed by atoms with Gasteiger partial charge in [-0.05, 0) is 6.07 Å². The van der Waals surface area contributed by atoms with Gasteiger partial charge < -0.3 is 5.32 Å². The number of nitrogens with one attached hydrogen (secondary N) is 1. The van der Waals surface area contributed by atoms with Gasteiger partial charge in [-0.25, -0.2) is 22.0 Å². The molecule has 0 spiro atoms. The van der Waals surface area contributed by atoms with Gasteiger partial charge in [0.05, 0.1) is 0 Å². The van der Waals surface area contributed by atoms with E-state index in [-0.39, 0.29) is 5.56 Å². The molecule has 0 amide bonds. The first-order chi connectivity index (χ1) is 9.49. The van der Waals surface area contributed by atoms with Crippen molar-refractivity contribution in [2.75, 3.05) is 26.2 Å². The van der Waals surface area contributed by atoms with Crippen molar-refractivity contribution >= 4 is 0 Å². The number of rotatable bonds is 4. The van der Waals surface area contributed by atoms with Crippen LogP contribution in [0, 0.1) is 17.5 Å². The van der Waals surface area contributed by atoms with Crippen molar-refractivity contribution in [2.45, 2.75) is 18.9 Å². The van der Waals surface area contributed by atoms with E-state index >= 15 is 0 Å². The summed E-state index contributed by atoms with van der Waals surface area (Å²) in [4.78, 5) is 1.67. The molecule has 1 atom stereocenters. The van der Waals surface area contributed by atoms with Crippen LogP contribution in [0.1, 0.15) is 18.0 Å². The smallest absolute Gasteiger partial charge is 0.240 e. The van der Waals surface area contributed by atoms with Crippen LogP contribution >= 0.6 is 0 Å². The lowest BCUT2D eigenvalue weighted by molar-refractivity contribution is 0.0723. The number of halogens is 5.